The Morgan fingerprint density at radius 2 is 1.59 bits per heavy atom. The fraction of sp³-hybridized carbons (Fsp3) is 0.435. The second-order valence-electron chi connectivity index (χ2n) is 7.93. The third kappa shape index (κ3) is 3.72. The van der Waals surface area contributed by atoms with Gasteiger partial charge in [0.05, 0.1) is 5.92 Å². The number of carbonyl (C=O) groups is 1. The highest BCUT2D eigenvalue weighted by Gasteiger charge is 2.32. The predicted molar refractivity (Wildman–Crippen MR) is 107 cm³/mol. The molecule has 0 aliphatic carbocycles. The molecular formula is C23H28N2O2. The Labute approximate surface area is 161 Å². The second-order valence-corrected chi connectivity index (χ2v) is 7.93. The molecule has 0 saturated carbocycles. The van der Waals surface area contributed by atoms with E-state index < -0.39 is 0 Å². The van der Waals surface area contributed by atoms with Crippen LogP contribution in [-0.4, -0.2) is 36.5 Å². The maximum atomic E-state index is 13.2. The summed E-state index contributed by atoms with van der Waals surface area (Å²) in [5.74, 6) is 1.89. The highest BCUT2D eigenvalue weighted by Crippen LogP contribution is 2.43. The second kappa shape index (κ2) is 7.73. The lowest BCUT2D eigenvalue weighted by Gasteiger charge is -2.35. The Kier molecular flexibility index (Phi) is 5.17. The van der Waals surface area contributed by atoms with E-state index in [2.05, 4.69) is 24.1 Å². The Balaban J connectivity index is 1.46. The number of para-hydroxylation sites is 2. The molecule has 2 heterocycles. The topological polar surface area (TPSA) is 41.6 Å². The predicted octanol–water partition coefficient (Wildman–Crippen LogP) is 4.16. The molecule has 2 aromatic carbocycles. The number of fused-ring (bicyclic) bond motifs is 2. The fourth-order valence-corrected chi connectivity index (χ4v) is 4.21. The number of rotatable bonds is 4. The Hall–Kier alpha value is -2.33. The quantitative estimate of drug-likeness (QED) is 0.886. The number of ether oxygens (including phenoxy) is 1. The Morgan fingerprint density at radius 3 is 2.15 bits per heavy atom. The Morgan fingerprint density at radius 1 is 1.04 bits per heavy atom. The van der Waals surface area contributed by atoms with Crippen molar-refractivity contribution in [2.24, 2.45) is 5.92 Å². The van der Waals surface area contributed by atoms with Gasteiger partial charge in [-0.2, -0.15) is 0 Å². The highest BCUT2D eigenvalue weighted by molar-refractivity contribution is 5.89. The molecule has 1 saturated heterocycles. The van der Waals surface area contributed by atoms with E-state index in [1.165, 1.54) is 0 Å². The van der Waals surface area contributed by atoms with Gasteiger partial charge in [0.2, 0.25) is 5.91 Å². The van der Waals surface area contributed by atoms with E-state index in [9.17, 15) is 4.79 Å². The molecule has 2 aliphatic heterocycles. The molecule has 4 rings (SSSR count). The van der Waals surface area contributed by atoms with Crippen LogP contribution in [0.1, 0.15) is 43.7 Å². The summed E-state index contributed by atoms with van der Waals surface area (Å²) in [5, 5.41) is 3.23. The van der Waals surface area contributed by atoms with Crippen LogP contribution in [0.3, 0.4) is 0 Å². The SMILES string of the molecule is CC(C)N1CCC(CNC(=O)C2c3ccccc3Oc3ccccc32)CC1. The summed E-state index contributed by atoms with van der Waals surface area (Å²) < 4.78 is 6.00. The van der Waals surface area contributed by atoms with Gasteiger partial charge < -0.3 is 15.0 Å². The lowest BCUT2D eigenvalue weighted by Crippen LogP contribution is -2.42. The first-order valence-corrected chi connectivity index (χ1v) is 10.0. The van der Waals surface area contributed by atoms with E-state index >= 15 is 0 Å². The van der Waals surface area contributed by atoms with Gasteiger partial charge in [-0.1, -0.05) is 36.4 Å². The molecule has 1 amide bonds. The van der Waals surface area contributed by atoms with Crippen molar-refractivity contribution in [1.82, 2.24) is 10.2 Å². The average molecular weight is 364 g/mol. The number of benzene rings is 2. The molecule has 4 heteroatoms. The third-order valence-electron chi connectivity index (χ3n) is 5.89. The van der Waals surface area contributed by atoms with Crippen LogP contribution in [0.15, 0.2) is 48.5 Å². The molecule has 142 valence electrons. The van der Waals surface area contributed by atoms with Crippen molar-refractivity contribution >= 4 is 5.91 Å². The van der Waals surface area contributed by atoms with Gasteiger partial charge in [0.15, 0.2) is 0 Å². The molecule has 1 fully saturated rings. The molecule has 0 atom stereocenters. The normalized spacial score (nSPS) is 17.9. The molecule has 1 N–H and O–H groups in total. The number of nitrogens with one attached hydrogen (secondary N) is 1. The van der Waals surface area contributed by atoms with Crippen molar-refractivity contribution in [3.05, 3.63) is 59.7 Å². The van der Waals surface area contributed by atoms with Crippen LogP contribution in [-0.2, 0) is 4.79 Å². The van der Waals surface area contributed by atoms with Crippen LogP contribution in [0.5, 0.6) is 11.5 Å². The molecule has 0 unspecified atom stereocenters. The number of amides is 1. The van der Waals surface area contributed by atoms with Crippen LogP contribution in [0.25, 0.3) is 0 Å². The maximum Gasteiger partial charge on any atom is 0.232 e. The van der Waals surface area contributed by atoms with E-state index in [1.54, 1.807) is 0 Å². The van der Waals surface area contributed by atoms with E-state index in [4.69, 9.17) is 4.74 Å². The summed E-state index contributed by atoms with van der Waals surface area (Å²) >= 11 is 0. The minimum atomic E-state index is -0.304. The van der Waals surface area contributed by atoms with Gasteiger partial charge in [0.1, 0.15) is 11.5 Å². The number of carbonyl (C=O) groups excluding carboxylic acids is 1. The first kappa shape index (κ1) is 18.1. The molecule has 2 aromatic rings. The zero-order chi connectivity index (χ0) is 18.8. The molecule has 0 aromatic heterocycles. The summed E-state index contributed by atoms with van der Waals surface area (Å²) in [5.41, 5.74) is 1.90. The molecule has 0 bridgehead atoms. The molecule has 4 nitrogen and oxygen atoms in total. The van der Waals surface area contributed by atoms with Gasteiger partial charge >= 0.3 is 0 Å². The lowest BCUT2D eigenvalue weighted by atomic mass is 9.87. The van der Waals surface area contributed by atoms with Crippen molar-refractivity contribution in [2.45, 2.75) is 38.6 Å². The maximum absolute atomic E-state index is 13.2. The van der Waals surface area contributed by atoms with Crippen molar-refractivity contribution in [3.8, 4) is 11.5 Å². The van der Waals surface area contributed by atoms with Crippen LogP contribution in [0.4, 0.5) is 0 Å². The highest BCUT2D eigenvalue weighted by atomic mass is 16.5. The number of hydrogen-bond donors (Lipinski definition) is 1. The summed E-state index contributed by atoms with van der Waals surface area (Å²) in [4.78, 5) is 15.7. The molecular weight excluding hydrogens is 336 g/mol. The monoisotopic (exact) mass is 364 g/mol. The van der Waals surface area contributed by atoms with E-state index in [0.29, 0.717) is 12.0 Å². The van der Waals surface area contributed by atoms with Crippen LogP contribution in [0.2, 0.25) is 0 Å². The molecule has 0 radical (unpaired) electrons. The number of nitrogens with zero attached hydrogens (tertiary/aromatic N) is 1. The van der Waals surface area contributed by atoms with E-state index in [1.807, 2.05) is 48.5 Å². The zero-order valence-electron chi connectivity index (χ0n) is 16.2. The fourth-order valence-electron chi connectivity index (χ4n) is 4.21. The standard InChI is InChI=1S/C23H28N2O2/c1-16(2)25-13-11-17(12-14-25)15-24-23(26)22-18-7-3-5-9-20(18)27-21-10-6-4-8-19(21)22/h3-10,16-17,22H,11-15H2,1-2H3,(H,24,26). The van der Waals surface area contributed by atoms with Gasteiger partial charge in [-0.3, -0.25) is 4.79 Å². The van der Waals surface area contributed by atoms with Crippen molar-refractivity contribution in [2.75, 3.05) is 19.6 Å². The first-order valence-electron chi connectivity index (χ1n) is 10.0. The molecule has 27 heavy (non-hydrogen) atoms. The minimum absolute atomic E-state index is 0.0736. The number of piperidine rings is 1. The molecule has 0 spiro atoms. The molecule has 2 aliphatic rings. The number of hydrogen-bond acceptors (Lipinski definition) is 3. The largest absolute Gasteiger partial charge is 0.457 e. The first-order chi connectivity index (χ1) is 13.1. The van der Waals surface area contributed by atoms with Crippen LogP contribution in [0, 0.1) is 5.92 Å². The lowest BCUT2D eigenvalue weighted by molar-refractivity contribution is -0.122. The summed E-state index contributed by atoms with van der Waals surface area (Å²) in [7, 11) is 0. The van der Waals surface area contributed by atoms with Gasteiger partial charge in [0.25, 0.3) is 0 Å². The van der Waals surface area contributed by atoms with E-state index in [0.717, 1.165) is 55.1 Å². The summed E-state index contributed by atoms with van der Waals surface area (Å²) in [6, 6.07) is 16.3. The third-order valence-corrected chi connectivity index (χ3v) is 5.89. The Bertz CT molecular complexity index is 764. The average Bonchev–Trinajstić information content (AvgIpc) is 2.70. The summed E-state index contributed by atoms with van der Waals surface area (Å²) in [6.45, 7) is 7.51. The van der Waals surface area contributed by atoms with Crippen molar-refractivity contribution in [3.63, 3.8) is 0 Å². The number of likely N-dealkylation sites (tertiary alicyclic amines) is 1. The van der Waals surface area contributed by atoms with Gasteiger partial charge in [-0.05, 0) is 57.8 Å². The zero-order valence-corrected chi connectivity index (χ0v) is 16.2. The van der Waals surface area contributed by atoms with Gasteiger partial charge in [-0.25, -0.2) is 0 Å². The van der Waals surface area contributed by atoms with Crippen molar-refractivity contribution < 1.29 is 9.53 Å². The smallest absolute Gasteiger partial charge is 0.232 e. The van der Waals surface area contributed by atoms with Crippen LogP contribution < -0.4 is 10.1 Å². The van der Waals surface area contributed by atoms with Gasteiger partial charge in [-0.15, -0.1) is 0 Å². The van der Waals surface area contributed by atoms with Crippen molar-refractivity contribution in [1.29, 1.82) is 0 Å². The minimum Gasteiger partial charge on any atom is -0.457 e. The van der Waals surface area contributed by atoms with E-state index in [-0.39, 0.29) is 11.8 Å². The van der Waals surface area contributed by atoms with Crippen LogP contribution >= 0.6 is 0 Å². The summed E-state index contributed by atoms with van der Waals surface area (Å²) in [6.07, 6.45) is 2.30. The van der Waals surface area contributed by atoms with Gasteiger partial charge in [0, 0.05) is 23.7 Å².